The smallest absolute Gasteiger partial charge is 0.191 e. The molecule has 1 rings (SSSR count). The molecular formula is C24H46O4Si. The molecule has 5 heteroatoms. The number of methoxy groups -OCH3 is 1. The summed E-state index contributed by atoms with van der Waals surface area (Å²) in [5.41, 5.74) is 2.73. The molecule has 0 spiro atoms. The fourth-order valence-electron chi connectivity index (χ4n) is 3.42. The molecule has 170 valence electrons. The molecule has 1 heterocycles. The van der Waals surface area contributed by atoms with E-state index in [0.717, 1.165) is 45.1 Å². The van der Waals surface area contributed by atoms with Crippen LogP contribution < -0.4 is 0 Å². The molecule has 0 aromatic carbocycles. The SMILES string of the molecule is COC1C[C@H](CC/C(C)=C/CCO)[C@@H](/C=C(\C)CCCO[Si](C)(C)C(C)(C)C)O1. The molecule has 1 unspecified atom stereocenters. The van der Waals surface area contributed by atoms with E-state index >= 15 is 0 Å². The van der Waals surface area contributed by atoms with Gasteiger partial charge in [0.2, 0.25) is 0 Å². The van der Waals surface area contributed by atoms with Crippen LogP contribution in [-0.2, 0) is 13.9 Å². The predicted molar refractivity (Wildman–Crippen MR) is 125 cm³/mol. The highest BCUT2D eigenvalue weighted by atomic mass is 28.4. The fourth-order valence-corrected chi connectivity index (χ4v) is 4.50. The van der Waals surface area contributed by atoms with E-state index in [4.69, 9.17) is 19.0 Å². The summed E-state index contributed by atoms with van der Waals surface area (Å²) in [5.74, 6) is 0.482. The Kier molecular flexibility index (Phi) is 11.4. The Balaban J connectivity index is 2.54. The highest BCUT2D eigenvalue weighted by Crippen LogP contribution is 2.37. The van der Waals surface area contributed by atoms with Gasteiger partial charge in [-0.15, -0.1) is 0 Å². The van der Waals surface area contributed by atoms with E-state index in [1.807, 2.05) is 0 Å². The zero-order valence-corrected chi connectivity index (χ0v) is 21.2. The number of aliphatic hydroxyl groups is 1. The molecule has 0 bridgehead atoms. The van der Waals surface area contributed by atoms with E-state index in [2.05, 4.69) is 59.9 Å². The maximum atomic E-state index is 8.98. The normalized spacial score (nSPS) is 24.4. The van der Waals surface area contributed by atoms with Crippen LogP contribution in [0.2, 0.25) is 18.1 Å². The quantitative estimate of drug-likeness (QED) is 0.228. The summed E-state index contributed by atoms with van der Waals surface area (Å²) < 4.78 is 17.9. The van der Waals surface area contributed by atoms with Gasteiger partial charge in [0.05, 0.1) is 6.10 Å². The molecular weight excluding hydrogens is 380 g/mol. The van der Waals surface area contributed by atoms with E-state index in [0.29, 0.717) is 5.92 Å². The van der Waals surface area contributed by atoms with Crippen molar-refractivity contribution >= 4 is 8.32 Å². The first kappa shape index (κ1) is 26.6. The number of hydrogen-bond donors (Lipinski definition) is 1. The second-order valence-electron chi connectivity index (χ2n) is 10.1. The van der Waals surface area contributed by atoms with Crippen LogP contribution in [0.3, 0.4) is 0 Å². The van der Waals surface area contributed by atoms with Crippen LogP contribution in [0.25, 0.3) is 0 Å². The van der Waals surface area contributed by atoms with Gasteiger partial charge in [-0.2, -0.15) is 0 Å². The lowest BCUT2D eigenvalue weighted by molar-refractivity contribution is -0.105. The maximum Gasteiger partial charge on any atom is 0.191 e. The molecule has 1 saturated heterocycles. The van der Waals surface area contributed by atoms with Crippen molar-refractivity contribution in [2.24, 2.45) is 5.92 Å². The van der Waals surface area contributed by atoms with Crippen LogP contribution in [0.1, 0.15) is 73.1 Å². The Labute approximate surface area is 180 Å². The lowest BCUT2D eigenvalue weighted by Gasteiger charge is -2.36. The molecule has 0 radical (unpaired) electrons. The minimum Gasteiger partial charge on any atom is -0.417 e. The third-order valence-corrected chi connectivity index (χ3v) is 11.0. The third kappa shape index (κ3) is 9.47. The van der Waals surface area contributed by atoms with Gasteiger partial charge in [-0.3, -0.25) is 0 Å². The van der Waals surface area contributed by atoms with Gasteiger partial charge in [-0.25, -0.2) is 0 Å². The van der Waals surface area contributed by atoms with E-state index in [1.165, 1.54) is 11.1 Å². The molecule has 0 amide bonds. The number of hydrogen-bond acceptors (Lipinski definition) is 4. The lowest BCUT2D eigenvalue weighted by atomic mass is 9.92. The Morgan fingerprint density at radius 2 is 1.86 bits per heavy atom. The molecule has 1 fully saturated rings. The van der Waals surface area contributed by atoms with Gasteiger partial charge in [-0.05, 0) is 70.0 Å². The van der Waals surface area contributed by atoms with Gasteiger partial charge in [0.25, 0.3) is 0 Å². The fraction of sp³-hybridized carbons (Fsp3) is 0.833. The number of aliphatic hydroxyl groups excluding tert-OH is 1. The summed E-state index contributed by atoms with van der Waals surface area (Å²) >= 11 is 0. The highest BCUT2D eigenvalue weighted by molar-refractivity contribution is 6.74. The average molecular weight is 427 g/mol. The van der Waals surface area contributed by atoms with Gasteiger partial charge in [0.1, 0.15) is 0 Å². The van der Waals surface area contributed by atoms with E-state index in [9.17, 15) is 0 Å². The molecule has 29 heavy (non-hydrogen) atoms. The van der Waals surface area contributed by atoms with Gasteiger partial charge in [-0.1, -0.05) is 44.1 Å². The first-order valence-corrected chi connectivity index (χ1v) is 14.2. The molecule has 0 aliphatic carbocycles. The molecule has 4 nitrogen and oxygen atoms in total. The topological polar surface area (TPSA) is 47.9 Å². The van der Waals surface area contributed by atoms with Crippen LogP contribution >= 0.6 is 0 Å². The third-order valence-electron chi connectivity index (χ3n) is 6.50. The van der Waals surface area contributed by atoms with Crippen molar-refractivity contribution in [3.05, 3.63) is 23.3 Å². The monoisotopic (exact) mass is 426 g/mol. The van der Waals surface area contributed by atoms with Crippen molar-refractivity contribution in [3.8, 4) is 0 Å². The van der Waals surface area contributed by atoms with Crippen molar-refractivity contribution in [1.29, 1.82) is 0 Å². The minimum absolute atomic E-state index is 0.0994. The van der Waals surface area contributed by atoms with E-state index < -0.39 is 8.32 Å². The molecule has 1 aliphatic heterocycles. The van der Waals surface area contributed by atoms with E-state index in [-0.39, 0.29) is 24.0 Å². The van der Waals surface area contributed by atoms with Crippen LogP contribution in [0.4, 0.5) is 0 Å². The summed E-state index contributed by atoms with van der Waals surface area (Å²) in [6.45, 7) is 16.9. The molecule has 1 aliphatic rings. The van der Waals surface area contributed by atoms with Crippen molar-refractivity contribution in [2.75, 3.05) is 20.3 Å². The summed E-state index contributed by atoms with van der Waals surface area (Å²) in [5, 5.41) is 9.25. The van der Waals surface area contributed by atoms with Gasteiger partial charge >= 0.3 is 0 Å². The van der Waals surface area contributed by atoms with E-state index in [1.54, 1.807) is 7.11 Å². The van der Waals surface area contributed by atoms with Crippen molar-refractivity contribution < 1.29 is 19.0 Å². The minimum atomic E-state index is -1.65. The average Bonchev–Trinajstić information content (AvgIpc) is 3.02. The van der Waals surface area contributed by atoms with Crippen LogP contribution in [0.15, 0.2) is 23.3 Å². The Bertz CT molecular complexity index is 533. The van der Waals surface area contributed by atoms with Crippen molar-refractivity contribution in [3.63, 3.8) is 0 Å². The highest BCUT2D eigenvalue weighted by Gasteiger charge is 2.37. The lowest BCUT2D eigenvalue weighted by Crippen LogP contribution is -2.40. The van der Waals surface area contributed by atoms with Crippen molar-refractivity contribution in [1.82, 2.24) is 0 Å². The van der Waals surface area contributed by atoms with Gasteiger partial charge in [0.15, 0.2) is 14.6 Å². The van der Waals surface area contributed by atoms with Gasteiger partial charge in [0, 0.05) is 26.7 Å². The molecule has 0 aromatic rings. The number of rotatable bonds is 12. The summed E-state index contributed by atoms with van der Waals surface area (Å²) in [6, 6.07) is 0. The molecule has 0 saturated carbocycles. The first-order valence-electron chi connectivity index (χ1n) is 11.3. The standard InChI is InChI=1S/C24H46O4Si/c1-19(11-9-15-25)13-14-21-18-23(26-6)28-22(21)17-20(2)12-10-16-27-29(7,8)24(3,4)5/h11,17,21-23,25H,9-10,12-16,18H2,1-8H3/b19-11+,20-17+/t21-,22+,23?/m0/s1. The zero-order chi connectivity index (χ0) is 22.1. The molecule has 3 atom stereocenters. The Morgan fingerprint density at radius 3 is 2.45 bits per heavy atom. The predicted octanol–water partition coefficient (Wildman–Crippen LogP) is 6.22. The Hall–Kier alpha value is -0.463. The number of allylic oxidation sites excluding steroid dienone is 2. The zero-order valence-electron chi connectivity index (χ0n) is 20.2. The molecule has 0 aromatic heterocycles. The summed E-state index contributed by atoms with van der Waals surface area (Å²) in [6.07, 6.45) is 10.4. The second-order valence-corrected chi connectivity index (χ2v) is 14.9. The second kappa shape index (κ2) is 12.4. The van der Waals surface area contributed by atoms with Crippen LogP contribution in [0.5, 0.6) is 0 Å². The van der Waals surface area contributed by atoms with Crippen LogP contribution in [0, 0.1) is 5.92 Å². The van der Waals surface area contributed by atoms with Gasteiger partial charge < -0.3 is 19.0 Å². The molecule has 1 N–H and O–H groups in total. The van der Waals surface area contributed by atoms with Crippen LogP contribution in [-0.4, -0.2) is 46.1 Å². The Morgan fingerprint density at radius 1 is 1.17 bits per heavy atom. The maximum absolute atomic E-state index is 8.98. The number of ether oxygens (including phenoxy) is 2. The summed E-state index contributed by atoms with van der Waals surface area (Å²) in [7, 11) is 0.0768. The largest absolute Gasteiger partial charge is 0.417 e. The van der Waals surface area contributed by atoms with Crippen molar-refractivity contribution in [2.45, 2.75) is 104 Å². The first-order chi connectivity index (χ1) is 13.5. The summed E-state index contributed by atoms with van der Waals surface area (Å²) in [4.78, 5) is 0.